The summed E-state index contributed by atoms with van der Waals surface area (Å²) in [6.07, 6.45) is 3.35. The standard InChI is InChI=1S/C18H21N3O4S/c19-18(11-1-2-12-18)17(22)21-13-3-5-14(6-4-13)25-15-7-9-16(10-8-15)26(20,23)24/h3-10H,1-2,11-12,19H2,(H,21,22)(H2,20,23,24). The van der Waals surface area contributed by atoms with Gasteiger partial charge < -0.3 is 15.8 Å². The van der Waals surface area contributed by atoms with Gasteiger partial charge in [-0.2, -0.15) is 0 Å². The van der Waals surface area contributed by atoms with Crippen molar-refractivity contribution in [3.63, 3.8) is 0 Å². The Balaban J connectivity index is 1.63. The highest BCUT2D eigenvalue weighted by Crippen LogP contribution is 2.29. The maximum atomic E-state index is 12.3. The number of carbonyl (C=O) groups excluding carboxylic acids is 1. The van der Waals surface area contributed by atoms with Gasteiger partial charge in [0, 0.05) is 5.69 Å². The van der Waals surface area contributed by atoms with Gasteiger partial charge in [0.15, 0.2) is 0 Å². The van der Waals surface area contributed by atoms with E-state index in [0.29, 0.717) is 30.0 Å². The number of amides is 1. The second kappa shape index (κ2) is 7.06. The molecule has 0 bridgehead atoms. The first-order valence-corrected chi connectivity index (χ1v) is 9.82. The number of nitrogens with one attached hydrogen (secondary N) is 1. The third kappa shape index (κ3) is 4.21. The third-order valence-corrected chi connectivity index (χ3v) is 5.38. The number of hydrogen-bond donors (Lipinski definition) is 3. The van der Waals surface area contributed by atoms with Crippen LogP contribution in [0.15, 0.2) is 53.4 Å². The van der Waals surface area contributed by atoms with Crippen LogP contribution in [0.25, 0.3) is 0 Å². The number of primary sulfonamides is 1. The second-order valence-electron chi connectivity index (χ2n) is 6.46. The molecule has 1 amide bonds. The lowest BCUT2D eigenvalue weighted by Crippen LogP contribution is -2.48. The van der Waals surface area contributed by atoms with Gasteiger partial charge in [0.2, 0.25) is 15.9 Å². The molecule has 3 rings (SSSR count). The molecule has 2 aromatic rings. The summed E-state index contributed by atoms with van der Waals surface area (Å²) in [6, 6.07) is 12.7. The number of hydrogen-bond acceptors (Lipinski definition) is 5. The van der Waals surface area contributed by atoms with E-state index in [1.165, 1.54) is 24.3 Å². The van der Waals surface area contributed by atoms with Crippen LogP contribution in [0.5, 0.6) is 11.5 Å². The van der Waals surface area contributed by atoms with Gasteiger partial charge in [-0.05, 0) is 61.4 Å². The quantitative estimate of drug-likeness (QED) is 0.740. The molecular weight excluding hydrogens is 354 g/mol. The minimum atomic E-state index is -3.73. The van der Waals surface area contributed by atoms with Crippen LogP contribution in [-0.2, 0) is 14.8 Å². The summed E-state index contributed by atoms with van der Waals surface area (Å²) in [7, 11) is -3.73. The van der Waals surface area contributed by atoms with Crippen molar-refractivity contribution in [3.8, 4) is 11.5 Å². The number of anilines is 1. The lowest BCUT2D eigenvalue weighted by molar-refractivity contribution is -0.121. The molecule has 8 heteroatoms. The van der Waals surface area contributed by atoms with E-state index in [0.717, 1.165) is 12.8 Å². The summed E-state index contributed by atoms with van der Waals surface area (Å²) in [4.78, 5) is 12.3. The molecule has 0 atom stereocenters. The molecule has 0 heterocycles. The van der Waals surface area contributed by atoms with E-state index in [-0.39, 0.29) is 10.8 Å². The van der Waals surface area contributed by atoms with E-state index in [1.54, 1.807) is 24.3 Å². The fourth-order valence-electron chi connectivity index (χ4n) is 2.93. The molecule has 2 aromatic carbocycles. The molecule has 138 valence electrons. The molecule has 0 radical (unpaired) electrons. The molecule has 1 aliphatic rings. The van der Waals surface area contributed by atoms with E-state index in [4.69, 9.17) is 15.6 Å². The van der Waals surface area contributed by atoms with Crippen molar-refractivity contribution in [1.29, 1.82) is 0 Å². The Hall–Kier alpha value is -2.42. The van der Waals surface area contributed by atoms with Crippen LogP contribution in [0.3, 0.4) is 0 Å². The van der Waals surface area contributed by atoms with Crippen LogP contribution in [0.4, 0.5) is 5.69 Å². The summed E-state index contributed by atoms with van der Waals surface area (Å²) >= 11 is 0. The van der Waals surface area contributed by atoms with Crippen molar-refractivity contribution in [1.82, 2.24) is 0 Å². The molecule has 0 aromatic heterocycles. The first-order valence-electron chi connectivity index (χ1n) is 8.27. The Morgan fingerprint density at radius 2 is 1.46 bits per heavy atom. The topological polar surface area (TPSA) is 125 Å². The maximum Gasteiger partial charge on any atom is 0.244 e. The van der Waals surface area contributed by atoms with Gasteiger partial charge in [-0.3, -0.25) is 4.79 Å². The summed E-state index contributed by atoms with van der Waals surface area (Å²) in [5.41, 5.74) is 6.00. The predicted molar refractivity (Wildman–Crippen MR) is 98.3 cm³/mol. The minimum Gasteiger partial charge on any atom is -0.457 e. The van der Waals surface area contributed by atoms with Crippen molar-refractivity contribution in [2.45, 2.75) is 36.1 Å². The SMILES string of the molecule is NC1(C(=O)Nc2ccc(Oc3ccc(S(N)(=O)=O)cc3)cc2)CCCC1. The Labute approximate surface area is 152 Å². The Morgan fingerprint density at radius 3 is 1.96 bits per heavy atom. The van der Waals surface area contributed by atoms with Crippen LogP contribution in [0.2, 0.25) is 0 Å². The highest BCUT2D eigenvalue weighted by Gasteiger charge is 2.36. The summed E-state index contributed by atoms with van der Waals surface area (Å²) in [5, 5.41) is 7.90. The van der Waals surface area contributed by atoms with E-state index >= 15 is 0 Å². The molecule has 1 fully saturated rings. The Bertz CT molecular complexity index is 887. The van der Waals surface area contributed by atoms with Crippen LogP contribution in [0.1, 0.15) is 25.7 Å². The first kappa shape index (κ1) is 18.4. The molecule has 1 aliphatic carbocycles. The lowest BCUT2D eigenvalue weighted by Gasteiger charge is -2.22. The van der Waals surface area contributed by atoms with Crippen LogP contribution >= 0.6 is 0 Å². The number of rotatable bonds is 5. The van der Waals surface area contributed by atoms with Gasteiger partial charge in [0.05, 0.1) is 10.4 Å². The van der Waals surface area contributed by atoms with Gasteiger partial charge in [-0.15, -0.1) is 0 Å². The molecule has 7 nitrogen and oxygen atoms in total. The predicted octanol–water partition coefficient (Wildman–Crippen LogP) is 2.34. The Kier molecular flexibility index (Phi) is 4.99. The second-order valence-corrected chi connectivity index (χ2v) is 8.02. The molecule has 0 saturated heterocycles. The number of benzene rings is 2. The van der Waals surface area contributed by atoms with Gasteiger partial charge in [0.1, 0.15) is 11.5 Å². The van der Waals surface area contributed by atoms with Crippen molar-refractivity contribution in [2.24, 2.45) is 10.9 Å². The minimum absolute atomic E-state index is 0.0190. The average Bonchev–Trinajstić information content (AvgIpc) is 3.04. The average molecular weight is 375 g/mol. The zero-order chi connectivity index (χ0) is 18.8. The van der Waals surface area contributed by atoms with Crippen molar-refractivity contribution >= 4 is 21.6 Å². The molecule has 26 heavy (non-hydrogen) atoms. The third-order valence-electron chi connectivity index (χ3n) is 4.45. The van der Waals surface area contributed by atoms with E-state index < -0.39 is 15.6 Å². The van der Waals surface area contributed by atoms with Gasteiger partial charge in [-0.25, -0.2) is 13.6 Å². The van der Waals surface area contributed by atoms with Crippen molar-refractivity contribution in [2.75, 3.05) is 5.32 Å². The molecular formula is C18H21N3O4S. The van der Waals surface area contributed by atoms with E-state index in [2.05, 4.69) is 5.32 Å². The van der Waals surface area contributed by atoms with Gasteiger partial charge >= 0.3 is 0 Å². The van der Waals surface area contributed by atoms with E-state index in [9.17, 15) is 13.2 Å². The lowest BCUT2D eigenvalue weighted by atomic mass is 9.98. The monoisotopic (exact) mass is 375 g/mol. The summed E-state index contributed by atoms with van der Waals surface area (Å²) < 4.78 is 28.1. The van der Waals surface area contributed by atoms with E-state index in [1.807, 2.05) is 0 Å². The molecule has 0 spiro atoms. The number of carbonyl (C=O) groups is 1. The first-order chi connectivity index (χ1) is 12.3. The molecule has 0 unspecified atom stereocenters. The summed E-state index contributed by atoms with van der Waals surface area (Å²) in [6.45, 7) is 0. The normalized spacial score (nSPS) is 16.2. The zero-order valence-corrected chi connectivity index (χ0v) is 15.0. The van der Waals surface area contributed by atoms with Crippen LogP contribution in [-0.4, -0.2) is 19.9 Å². The molecule has 1 saturated carbocycles. The van der Waals surface area contributed by atoms with Crippen LogP contribution < -0.4 is 20.9 Å². The maximum absolute atomic E-state index is 12.3. The smallest absolute Gasteiger partial charge is 0.244 e. The fraction of sp³-hybridized carbons (Fsp3) is 0.278. The van der Waals surface area contributed by atoms with Crippen molar-refractivity contribution < 1.29 is 17.9 Å². The molecule has 5 N–H and O–H groups in total. The number of sulfonamides is 1. The largest absolute Gasteiger partial charge is 0.457 e. The van der Waals surface area contributed by atoms with Crippen molar-refractivity contribution in [3.05, 3.63) is 48.5 Å². The van der Waals surface area contributed by atoms with Gasteiger partial charge in [0.25, 0.3) is 0 Å². The zero-order valence-electron chi connectivity index (χ0n) is 14.1. The van der Waals surface area contributed by atoms with Crippen LogP contribution in [0, 0.1) is 0 Å². The highest BCUT2D eigenvalue weighted by atomic mass is 32.2. The number of ether oxygens (including phenoxy) is 1. The fourth-order valence-corrected chi connectivity index (χ4v) is 3.44. The Morgan fingerprint density at radius 1 is 0.962 bits per heavy atom. The highest BCUT2D eigenvalue weighted by molar-refractivity contribution is 7.89. The van der Waals surface area contributed by atoms with Gasteiger partial charge in [-0.1, -0.05) is 12.8 Å². The number of nitrogens with two attached hydrogens (primary N) is 2. The molecule has 0 aliphatic heterocycles. The summed E-state index contributed by atoms with van der Waals surface area (Å²) in [5.74, 6) is 0.859.